The molecular weight excluding hydrogens is 524 g/mol. The highest BCUT2D eigenvalue weighted by Crippen LogP contribution is 2.46. The number of phenols is 1. The third-order valence-corrected chi connectivity index (χ3v) is 6.37. The Hall–Kier alpha value is -3.32. The number of carbonyl (C=O) groups excluding carboxylic acids is 2. The number of nitrogens with zero attached hydrogens (tertiary/aromatic N) is 1. The van der Waals surface area contributed by atoms with Crippen LogP contribution < -0.4 is 9.47 Å². The highest BCUT2D eigenvalue weighted by atomic mass is 19.4. The number of piperidine rings is 1. The van der Waals surface area contributed by atoms with Crippen LogP contribution in [0, 0.1) is 0 Å². The number of β-amino-alcohol motifs (C(OH)–C–C–N with tert-alkyl or cyclic N) is 1. The number of aliphatic hydroxyl groups is 1. The molecule has 2 N–H and O–H groups in total. The summed E-state index contributed by atoms with van der Waals surface area (Å²) in [6.45, 7) is 0.785. The summed E-state index contributed by atoms with van der Waals surface area (Å²) in [5.74, 6) is -3.92. The van der Waals surface area contributed by atoms with Crippen LogP contribution in [0.5, 0.6) is 17.2 Å². The van der Waals surface area contributed by atoms with Gasteiger partial charge in [0.2, 0.25) is 0 Å². The van der Waals surface area contributed by atoms with Gasteiger partial charge in [-0.15, -0.1) is 0 Å². The van der Waals surface area contributed by atoms with Gasteiger partial charge in [0.05, 0.1) is 37.9 Å². The van der Waals surface area contributed by atoms with Gasteiger partial charge < -0.3 is 24.6 Å². The predicted molar refractivity (Wildman–Crippen MR) is 122 cm³/mol. The summed E-state index contributed by atoms with van der Waals surface area (Å²) in [7, 11) is 4.22. The summed E-state index contributed by atoms with van der Waals surface area (Å²) in [5, 5.41) is 21.7. The van der Waals surface area contributed by atoms with Crippen LogP contribution in [-0.4, -0.2) is 67.1 Å². The Kier molecular flexibility index (Phi) is 8.32. The zero-order valence-corrected chi connectivity index (χ0v) is 20.5. The van der Waals surface area contributed by atoms with E-state index < -0.39 is 70.4 Å². The van der Waals surface area contributed by atoms with Crippen molar-refractivity contribution in [2.75, 3.05) is 34.4 Å². The number of likely N-dealkylation sites (tertiary alicyclic amines) is 1. The van der Waals surface area contributed by atoms with Crippen molar-refractivity contribution < 1.29 is 55.6 Å². The zero-order chi connectivity index (χ0) is 28.6. The molecule has 3 rings (SSSR count). The summed E-state index contributed by atoms with van der Waals surface area (Å²) in [6, 6.07) is 1.59. The number of hydrogen-bond acceptors (Lipinski definition) is 7. The lowest BCUT2D eigenvalue weighted by Gasteiger charge is -2.35. The maximum Gasteiger partial charge on any atom is 0.416 e. The number of aliphatic hydroxyl groups excluding tert-OH is 1. The third-order valence-electron chi connectivity index (χ3n) is 6.37. The van der Waals surface area contributed by atoms with Gasteiger partial charge in [-0.1, -0.05) is 0 Å². The second-order valence-electron chi connectivity index (χ2n) is 8.96. The van der Waals surface area contributed by atoms with Crippen molar-refractivity contribution in [1.29, 1.82) is 0 Å². The monoisotopic (exact) mass is 549 g/mol. The number of ether oxygens (including phenoxy) is 2. The highest BCUT2D eigenvalue weighted by Gasteiger charge is 2.38. The lowest BCUT2D eigenvalue weighted by atomic mass is 9.84. The zero-order valence-electron chi connectivity index (χ0n) is 20.5. The molecule has 7 nitrogen and oxygen atoms in total. The lowest BCUT2D eigenvalue weighted by Crippen LogP contribution is -2.40. The molecule has 0 unspecified atom stereocenters. The van der Waals surface area contributed by atoms with Crippen molar-refractivity contribution in [3.63, 3.8) is 0 Å². The lowest BCUT2D eigenvalue weighted by molar-refractivity contribution is -0.143. The molecule has 2 atom stereocenters. The van der Waals surface area contributed by atoms with Crippen molar-refractivity contribution in [3.05, 3.63) is 52.1 Å². The summed E-state index contributed by atoms with van der Waals surface area (Å²) < 4.78 is 89.6. The van der Waals surface area contributed by atoms with Gasteiger partial charge in [0.15, 0.2) is 11.6 Å². The number of rotatable bonds is 7. The van der Waals surface area contributed by atoms with Crippen LogP contribution in [0.3, 0.4) is 0 Å². The second-order valence-corrected chi connectivity index (χ2v) is 8.96. The van der Waals surface area contributed by atoms with Crippen LogP contribution >= 0.6 is 0 Å². The predicted octanol–water partition coefficient (Wildman–Crippen LogP) is 4.68. The molecule has 0 bridgehead atoms. The quantitative estimate of drug-likeness (QED) is 0.294. The minimum absolute atomic E-state index is 0.0723. The average molecular weight is 549 g/mol. The number of phenolic OH excluding ortho intramolecular Hbond substituents is 1. The first kappa shape index (κ1) is 29.2. The number of benzene rings is 2. The molecule has 0 radical (unpaired) electrons. The topological polar surface area (TPSA) is 96.3 Å². The van der Waals surface area contributed by atoms with Gasteiger partial charge in [0, 0.05) is 29.7 Å². The molecule has 38 heavy (non-hydrogen) atoms. The maximum absolute atomic E-state index is 13.2. The van der Waals surface area contributed by atoms with Gasteiger partial charge in [-0.3, -0.25) is 9.59 Å². The van der Waals surface area contributed by atoms with Crippen LogP contribution in [0.2, 0.25) is 0 Å². The Balaban J connectivity index is 2.05. The second kappa shape index (κ2) is 10.8. The molecule has 2 aromatic rings. The minimum Gasteiger partial charge on any atom is -0.507 e. The maximum atomic E-state index is 13.2. The molecule has 1 saturated heterocycles. The molecule has 0 saturated carbocycles. The van der Waals surface area contributed by atoms with Gasteiger partial charge in [-0.25, -0.2) is 0 Å². The van der Waals surface area contributed by atoms with Crippen LogP contribution in [0.1, 0.15) is 56.2 Å². The van der Waals surface area contributed by atoms with E-state index in [2.05, 4.69) is 0 Å². The van der Waals surface area contributed by atoms with Gasteiger partial charge in [0.1, 0.15) is 22.8 Å². The van der Waals surface area contributed by atoms with Crippen LogP contribution in [0.25, 0.3) is 0 Å². The van der Waals surface area contributed by atoms with Gasteiger partial charge in [0.25, 0.3) is 0 Å². The minimum atomic E-state index is -5.18. The largest absolute Gasteiger partial charge is 0.507 e. The fourth-order valence-corrected chi connectivity index (χ4v) is 4.47. The standard InChI is InChI=1S/C25H25F6NO6/c1-32-5-4-15(18(35)11-32)21-19(37-2)10-20(38-3)22(23(21)36)17(34)9-16(33)12-6-13(24(26,27)28)8-14(7-12)25(29,30)31/h6-8,10,15,18,35-36H,4-5,9,11H2,1-3H3/t15-,18+/m0/s1. The van der Waals surface area contributed by atoms with Crippen molar-refractivity contribution in [2.45, 2.75) is 37.2 Å². The summed E-state index contributed by atoms with van der Waals surface area (Å²) in [4.78, 5) is 27.7. The molecule has 0 aliphatic carbocycles. The van der Waals surface area contributed by atoms with E-state index in [0.717, 1.165) is 7.11 Å². The van der Waals surface area contributed by atoms with Crippen molar-refractivity contribution in [1.82, 2.24) is 4.90 Å². The van der Waals surface area contributed by atoms with E-state index in [1.165, 1.54) is 13.2 Å². The number of ketones is 2. The number of alkyl halides is 6. The van der Waals surface area contributed by atoms with Gasteiger partial charge in [-0.2, -0.15) is 26.3 Å². The van der Waals surface area contributed by atoms with E-state index in [1.54, 1.807) is 7.05 Å². The fourth-order valence-electron chi connectivity index (χ4n) is 4.47. The number of Topliss-reactive ketones (excluding diaryl/α,β-unsaturated/α-hetero) is 2. The molecule has 1 aliphatic rings. The first-order valence-electron chi connectivity index (χ1n) is 11.3. The summed E-state index contributed by atoms with van der Waals surface area (Å²) in [6.07, 6.45) is -12.1. The molecular formula is C25H25F6NO6. The number of carbonyl (C=O) groups is 2. The molecule has 1 aliphatic heterocycles. The molecule has 2 aromatic carbocycles. The number of aromatic hydroxyl groups is 1. The molecule has 1 heterocycles. The normalized spacial score (nSPS) is 18.8. The smallest absolute Gasteiger partial charge is 0.416 e. The van der Waals surface area contributed by atoms with E-state index in [0.29, 0.717) is 13.0 Å². The van der Waals surface area contributed by atoms with E-state index in [-0.39, 0.29) is 41.8 Å². The summed E-state index contributed by atoms with van der Waals surface area (Å²) >= 11 is 0. The first-order chi connectivity index (χ1) is 17.6. The third kappa shape index (κ3) is 6.04. The molecule has 0 spiro atoms. The Labute approximate surface area is 213 Å². The first-order valence-corrected chi connectivity index (χ1v) is 11.3. The highest BCUT2D eigenvalue weighted by molar-refractivity contribution is 6.15. The fraction of sp³-hybridized carbons (Fsp3) is 0.440. The number of halogens is 6. The van der Waals surface area contributed by atoms with E-state index >= 15 is 0 Å². The van der Waals surface area contributed by atoms with Gasteiger partial charge >= 0.3 is 12.4 Å². The number of likely N-dealkylation sites (N-methyl/N-ethyl adjacent to an activating group) is 1. The van der Waals surface area contributed by atoms with E-state index in [1.807, 2.05) is 4.90 Å². The summed E-state index contributed by atoms with van der Waals surface area (Å²) in [5.41, 5.74) is -4.81. The molecule has 0 amide bonds. The van der Waals surface area contributed by atoms with Crippen LogP contribution in [0.4, 0.5) is 26.3 Å². The average Bonchev–Trinajstić information content (AvgIpc) is 2.82. The molecule has 0 aromatic heterocycles. The molecule has 208 valence electrons. The molecule has 1 fully saturated rings. The van der Waals surface area contributed by atoms with E-state index in [9.17, 15) is 46.1 Å². The number of methoxy groups -OCH3 is 2. The Morgan fingerprint density at radius 3 is 1.97 bits per heavy atom. The Morgan fingerprint density at radius 2 is 1.50 bits per heavy atom. The number of hydrogen-bond donors (Lipinski definition) is 2. The SMILES string of the molecule is COc1cc(OC)c([C@H]2CCN(C)C[C@H]2O)c(O)c1C(=O)CC(=O)c1cc(C(F)(F)F)cc(C(F)(F)F)c1. The van der Waals surface area contributed by atoms with E-state index in [4.69, 9.17) is 9.47 Å². The Bertz CT molecular complexity index is 1190. The van der Waals surface area contributed by atoms with Crippen LogP contribution in [0.15, 0.2) is 24.3 Å². The van der Waals surface area contributed by atoms with Crippen molar-refractivity contribution >= 4 is 11.6 Å². The van der Waals surface area contributed by atoms with Gasteiger partial charge in [-0.05, 0) is 38.2 Å². The van der Waals surface area contributed by atoms with Crippen molar-refractivity contribution in [2.24, 2.45) is 0 Å². The van der Waals surface area contributed by atoms with Crippen LogP contribution in [-0.2, 0) is 12.4 Å². The Morgan fingerprint density at radius 1 is 0.947 bits per heavy atom. The molecule has 13 heteroatoms. The van der Waals surface area contributed by atoms with Crippen molar-refractivity contribution in [3.8, 4) is 17.2 Å².